The third kappa shape index (κ3) is 6.67. The topological polar surface area (TPSA) is 70.6 Å². The number of nitrogens with zero attached hydrogens (tertiary/aromatic N) is 1. The van der Waals surface area contributed by atoms with Gasteiger partial charge in [-0.3, -0.25) is 0 Å². The van der Waals surface area contributed by atoms with Crippen molar-refractivity contribution in [3.63, 3.8) is 0 Å². The molecule has 0 aromatic heterocycles. The van der Waals surface area contributed by atoms with Gasteiger partial charge in [0.15, 0.2) is 15.8 Å². The summed E-state index contributed by atoms with van der Waals surface area (Å²) in [5.41, 5.74) is 2.57. The van der Waals surface area contributed by atoms with Gasteiger partial charge in [0.25, 0.3) is 0 Å². The van der Waals surface area contributed by atoms with Gasteiger partial charge in [0, 0.05) is 19.3 Å². The lowest BCUT2D eigenvalue weighted by atomic mass is 10.1. The average molecular weight is 392 g/mol. The summed E-state index contributed by atoms with van der Waals surface area (Å²) in [4.78, 5) is 4.88. The average Bonchev–Trinajstić information content (AvgIpc) is 2.58. The van der Waals surface area contributed by atoms with Crippen LogP contribution >= 0.6 is 0 Å². The van der Waals surface area contributed by atoms with E-state index >= 15 is 0 Å². The fourth-order valence-corrected chi connectivity index (χ4v) is 3.71. The highest BCUT2D eigenvalue weighted by Crippen LogP contribution is 2.17. The smallest absolute Gasteiger partial charge is 0.191 e. The van der Waals surface area contributed by atoms with Crippen molar-refractivity contribution in [3.05, 3.63) is 65.0 Å². The minimum absolute atomic E-state index is 0.235. The van der Waals surface area contributed by atoms with Gasteiger partial charge in [0.2, 0.25) is 0 Å². The summed E-state index contributed by atoms with van der Waals surface area (Å²) in [6, 6.07) is 11.8. The Kier molecular flexibility index (Phi) is 7.36. The van der Waals surface area contributed by atoms with Crippen LogP contribution in [-0.4, -0.2) is 33.7 Å². The van der Waals surface area contributed by atoms with E-state index in [0.717, 1.165) is 17.7 Å². The van der Waals surface area contributed by atoms with Gasteiger partial charge in [-0.05, 0) is 55.2 Å². The maximum Gasteiger partial charge on any atom is 0.191 e. The van der Waals surface area contributed by atoms with Crippen LogP contribution in [0.15, 0.2) is 52.4 Å². The Hall–Kier alpha value is -2.41. The zero-order valence-electron chi connectivity index (χ0n) is 15.9. The van der Waals surface area contributed by atoms with Gasteiger partial charge >= 0.3 is 0 Å². The number of benzene rings is 2. The van der Waals surface area contributed by atoms with E-state index in [0.29, 0.717) is 35.9 Å². The predicted molar refractivity (Wildman–Crippen MR) is 107 cm³/mol. The summed E-state index contributed by atoms with van der Waals surface area (Å²) in [7, 11) is -3.22. The third-order valence-corrected chi connectivity index (χ3v) is 5.25. The van der Waals surface area contributed by atoms with E-state index in [-0.39, 0.29) is 5.82 Å². The van der Waals surface area contributed by atoms with E-state index in [1.165, 1.54) is 18.4 Å². The van der Waals surface area contributed by atoms with E-state index in [9.17, 15) is 12.8 Å². The molecule has 0 saturated carbocycles. The Bertz CT molecular complexity index is 911. The minimum Gasteiger partial charge on any atom is -0.357 e. The molecule has 0 aliphatic rings. The summed E-state index contributed by atoms with van der Waals surface area (Å²) in [5, 5.41) is 6.40. The molecular formula is C20H26FN3O2S. The molecule has 0 atom stereocenters. The van der Waals surface area contributed by atoms with Crippen molar-refractivity contribution in [2.24, 2.45) is 4.99 Å². The molecular weight excluding hydrogens is 365 g/mol. The first-order valence-electron chi connectivity index (χ1n) is 8.86. The first-order chi connectivity index (χ1) is 12.8. The number of hydrogen-bond acceptors (Lipinski definition) is 3. The van der Waals surface area contributed by atoms with E-state index in [2.05, 4.69) is 15.6 Å². The fraction of sp³-hybridized carbons (Fsp3) is 0.350. The summed E-state index contributed by atoms with van der Waals surface area (Å²) in [5.74, 6) is 0.430. The molecule has 5 nitrogen and oxygen atoms in total. The van der Waals surface area contributed by atoms with Crippen molar-refractivity contribution in [3.8, 4) is 0 Å². The van der Waals surface area contributed by atoms with Crippen LogP contribution < -0.4 is 10.6 Å². The minimum atomic E-state index is -3.22. The summed E-state index contributed by atoms with van der Waals surface area (Å²) < 4.78 is 36.6. The number of sulfone groups is 1. The second-order valence-corrected chi connectivity index (χ2v) is 8.36. The molecule has 2 aromatic carbocycles. The van der Waals surface area contributed by atoms with Gasteiger partial charge in [-0.15, -0.1) is 0 Å². The molecule has 0 unspecified atom stereocenters. The number of nitrogens with one attached hydrogen (secondary N) is 2. The quantitative estimate of drug-likeness (QED) is 0.562. The lowest BCUT2D eigenvalue weighted by molar-refractivity contribution is 0.601. The molecule has 0 amide bonds. The Morgan fingerprint density at radius 1 is 1.11 bits per heavy atom. The third-order valence-electron chi connectivity index (χ3n) is 4.00. The Labute approximate surface area is 160 Å². The monoisotopic (exact) mass is 391 g/mol. The van der Waals surface area contributed by atoms with E-state index in [1.807, 2.05) is 19.1 Å². The van der Waals surface area contributed by atoms with Crippen molar-refractivity contribution in [1.29, 1.82) is 0 Å². The normalized spacial score (nSPS) is 12.1. The summed E-state index contributed by atoms with van der Waals surface area (Å²) in [6.45, 7) is 5.54. The van der Waals surface area contributed by atoms with Gasteiger partial charge in [-0.25, -0.2) is 17.8 Å². The highest BCUT2D eigenvalue weighted by atomic mass is 32.2. The van der Waals surface area contributed by atoms with Crippen LogP contribution in [0.1, 0.15) is 23.6 Å². The highest BCUT2D eigenvalue weighted by molar-refractivity contribution is 7.90. The molecule has 0 heterocycles. The SMILES string of the molecule is CCNC(=NCc1ccc(S(C)(=O)=O)c(C)c1)NCCc1cccc(F)c1. The van der Waals surface area contributed by atoms with Crippen LogP contribution in [0.3, 0.4) is 0 Å². The van der Waals surface area contributed by atoms with Gasteiger partial charge in [-0.2, -0.15) is 0 Å². The predicted octanol–water partition coefficient (Wildman–Crippen LogP) is 2.84. The van der Waals surface area contributed by atoms with Crippen LogP contribution in [0.4, 0.5) is 4.39 Å². The lowest BCUT2D eigenvalue weighted by Gasteiger charge is -2.12. The molecule has 0 bridgehead atoms. The van der Waals surface area contributed by atoms with Crippen molar-refractivity contribution in [1.82, 2.24) is 10.6 Å². The molecule has 2 N–H and O–H groups in total. The molecule has 2 rings (SSSR count). The number of aryl methyl sites for hydroxylation is 1. The molecule has 2 aromatic rings. The second-order valence-electron chi connectivity index (χ2n) is 6.37. The second kappa shape index (κ2) is 9.50. The summed E-state index contributed by atoms with van der Waals surface area (Å²) >= 11 is 0. The fourth-order valence-electron chi connectivity index (χ4n) is 2.76. The van der Waals surface area contributed by atoms with Crippen LogP contribution in [0.2, 0.25) is 0 Å². The van der Waals surface area contributed by atoms with Gasteiger partial charge in [0.05, 0.1) is 11.4 Å². The van der Waals surface area contributed by atoms with Crippen LogP contribution in [0, 0.1) is 12.7 Å². The number of hydrogen-bond donors (Lipinski definition) is 2. The van der Waals surface area contributed by atoms with Crippen molar-refractivity contribution in [2.75, 3.05) is 19.3 Å². The molecule has 0 radical (unpaired) electrons. The van der Waals surface area contributed by atoms with Crippen LogP contribution in [0.25, 0.3) is 0 Å². The van der Waals surface area contributed by atoms with Crippen LogP contribution in [-0.2, 0) is 22.8 Å². The largest absolute Gasteiger partial charge is 0.357 e. The maximum absolute atomic E-state index is 13.2. The first kappa shape index (κ1) is 20.9. The zero-order chi connectivity index (χ0) is 19.9. The van der Waals surface area contributed by atoms with Gasteiger partial charge in [-0.1, -0.05) is 24.3 Å². The molecule has 27 heavy (non-hydrogen) atoms. The van der Waals surface area contributed by atoms with E-state index in [4.69, 9.17) is 0 Å². The van der Waals surface area contributed by atoms with Gasteiger partial charge < -0.3 is 10.6 Å². The maximum atomic E-state index is 13.2. The molecule has 0 saturated heterocycles. The Morgan fingerprint density at radius 3 is 2.52 bits per heavy atom. The van der Waals surface area contributed by atoms with E-state index < -0.39 is 9.84 Å². The van der Waals surface area contributed by atoms with Crippen molar-refractivity contribution < 1.29 is 12.8 Å². The zero-order valence-corrected chi connectivity index (χ0v) is 16.7. The van der Waals surface area contributed by atoms with Crippen molar-refractivity contribution in [2.45, 2.75) is 31.7 Å². The van der Waals surface area contributed by atoms with E-state index in [1.54, 1.807) is 25.1 Å². The Balaban J connectivity index is 1.99. The molecule has 7 heteroatoms. The van der Waals surface area contributed by atoms with Crippen molar-refractivity contribution >= 4 is 15.8 Å². The standard InChI is InChI=1S/C20H26FN3O2S/c1-4-22-20(23-11-10-16-6-5-7-18(21)13-16)24-14-17-8-9-19(15(2)12-17)27(3,25)26/h5-9,12-13H,4,10-11,14H2,1-3H3,(H2,22,23,24). The number of guanidine groups is 1. The number of rotatable bonds is 7. The first-order valence-corrected chi connectivity index (χ1v) is 10.7. The lowest BCUT2D eigenvalue weighted by Crippen LogP contribution is -2.38. The molecule has 146 valence electrons. The molecule has 0 aliphatic carbocycles. The Morgan fingerprint density at radius 2 is 1.89 bits per heavy atom. The van der Waals surface area contributed by atoms with Gasteiger partial charge in [0.1, 0.15) is 5.82 Å². The number of aliphatic imine (C=N–C) groups is 1. The highest BCUT2D eigenvalue weighted by Gasteiger charge is 2.10. The molecule has 0 spiro atoms. The summed E-state index contributed by atoms with van der Waals surface area (Å²) in [6.07, 6.45) is 1.89. The van der Waals surface area contributed by atoms with Crippen LogP contribution in [0.5, 0.6) is 0 Å². The number of halogens is 1. The molecule has 0 fully saturated rings. The molecule has 0 aliphatic heterocycles.